The summed E-state index contributed by atoms with van der Waals surface area (Å²) in [6.07, 6.45) is 1.28. The average Bonchev–Trinajstić information content (AvgIpc) is 3.53. The van der Waals surface area contributed by atoms with Gasteiger partial charge in [0.1, 0.15) is 28.6 Å². The molecule has 0 spiro atoms. The second-order valence-electron chi connectivity index (χ2n) is 10.5. The zero-order chi connectivity index (χ0) is 31.2. The number of likely N-dealkylation sites (N-methyl/N-ethyl adjacent to an activating group) is 1. The van der Waals surface area contributed by atoms with E-state index in [-0.39, 0.29) is 34.9 Å². The number of likely N-dealkylation sites (tertiary alicyclic amines) is 1. The Kier molecular flexibility index (Phi) is 7.88. The van der Waals surface area contributed by atoms with Gasteiger partial charge in [-0.15, -0.1) is 0 Å². The number of benzene rings is 3. The number of sulfonamides is 1. The van der Waals surface area contributed by atoms with Crippen LogP contribution in [0.15, 0.2) is 59.0 Å². The second kappa shape index (κ2) is 11.3. The Morgan fingerprint density at radius 3 is 2.44 bits per heavy atom. The maximum atomic E-state index is 14.3. The number of nitrogens with zero attached hydrogens (tertiary/aromatic N) is 2. The van der Waals surface area contributed by atoms with E-state index in [9.17, 15) is 31.9 Å². The first-order valence-corrected chi connectivity index (χ1v) is 15.2. The summed E-state index contributed by atoms with van der Waals surface area (Å²) in [6, 6.07) is 11.6. The molecule has 43 heavy (non-hydrogen) atoms. The molecule has 226 valence electrons. The van der Waals surface area contributed by atoms with Gasteiger partial charge in [-0.25, -0.2) is 17.2 Å². The van der Waals surface area contributed by atoms with Gasteiger partial charge in [0.05, 0.1) is 23.5 Å². The molecule has 0 aliphatic carbocycles. The maximum Gasteiger partial charge on any atom is 0.255 e. The zero-order valence-corrected chi connectivity index (χ0v) is 24.6. The number of carbonyl (C=O) groups excluding carboxylic acids is 2. The van der Waals surface area contributed by atoms with E-state index in [2.05, 4.69) is 10.6 Å². The summed E-state index contributed by atoms with van der Waals surface area (Å²) in [4.78, 5) is 28.1. The first kappa shape index (κ1) is 30.0. The summed E-state index contributed by atoms with van der Waals surface area (Å²) in [7, 11) is 0.829. The van der Waals surface area contributed by atoms with Crippen molar-refractivity contribution in [2.75, 3.05) is 43.6 Å². The molecule has 3 aromatic carbocycles. The third kappa shape index (κ3) is 5.65. The number of furan rings is 1. The molecule has 5 rings (SSSR count). The molecule has 1 aliphatic rings. The fourth-order valence-corrected chi connectivity index (χ4v) is 5.97. The van der Waals surface area contributed by atoms with E-state index in [1.54, 1.807) is 18.0 Å². The van der Waals surface area contributed by atoms with E-state index in [4.69, 9.17) is 4.42 Å². The Labute approximate surface area is 246 Å². The van der Waals surface area contributed by atoms with Crippen LogP contribution in [0.1, 0.15) is 28.3 Å². The lowest BCUT2D eigenvalue weighted by Gasteiger charge is -2.23. The van der Waals surface area contributed by atoms with Crippen LogP contribution in [0, 0.1) is 11.6 Å². The molecule has 1 fully saturated rings. The zero-order valence-electron chi connectivity index (χ0n) is 23.8. The summed E-state index contributed by atoms with van der Waals surface area (Å²) < 4.78 is 60.5. The number of fused-ring (bicyclic) bond motifs is 1. The molecule has 4 aromatic rings. The van der Waals surface area contributed by atoms with Crippen molar-refractivity contribution in [3.05, 3.63) is 77.4 Å². The Bertz CT molecular complexity index is 1820. The topological polar surface area (TPSA) is 132 Å². The molecular weight excluding hydrogens is 582 g/mol. The quantitative estimate of drug-likeness (QED) is 0.266. The molecule has 3 N–H and O–H groups in total. The van der Waals surface area contributed by atoms with Crippen molar-refractivity contribution in [2.24, 2.45) is 0 Å². The average molecular weight is 613 g/mol. The molecule has 0 saturated carbocycles. The number of nitrogens with one attached hydrogen (secondary N) is 2. The molecule has 0 bridgehead atoms. The van der Waals surface area contributed by atoms with Crippen LogP contribution >= 0.6 is 0 Å². The summed E-state index contributed by atoms with van der Waals surface area (Å²) in [5.41, 5.74) is 1.39. The largest absolute Gasteiger partial charge is 0.506 e. The van der Waals surface area contributed by atoms with Gasteiger partial charge in [-0.2, -0.15) is 0 Å². The second-order valence-corrected chi connectivity index (χ2v) is 12.6. The van der Waals surface area contributed by atoms with Crippen LogP contribution in [0.2, 0.25) is 0 Å². The third-order valence-corrected chi connectivity index (χ3v) is 8.96. The molecule has 2 heterocycles. The van der Waals surface area contributed by atoms with Crippen molar-refractivity contribution >= 4 is 44.2 Å². The highest BCUT2D eigenvalue weighted by atomic mass is 32.2. The van der Waals surface area contributed by atoms with Gasteiger partial charge >= 0.3 is 0 Å². The monoisotopic (exact) mass is 612 g/mol. The van der Waals surface area contributed by atoms with Crippen LogP contribution in [0.25, 0.3) is 22.3 Å². The molecule has 2 atom stereocenters. The fourth-order valence-electron chi connectivity index (χ4n) is 5.46. The molecule has 2 amide bonds. The van der Waals surface area contributed by atoms with Crippen molar-refractivity contribution < 1.29 is 36.3 Å². The number of anilines is 2. The summed E-state index contributed by atoms with van der Waals surface area (Å²) >= 11 is 0. The van der Waals surface area contributed by atoms with Gasteiger partial charge in [-0.1, -0.05) is 6.07 Å². The van der Waals surface area contributed by atoms with Crippen LogP contribution < -0.4 is 14.9 Å². The Balaban J connectivity index is 1.61. The number of aromatic hydroxyl groups is 1. The minimum absolute atomic E-state index is 0.185. The highest BCUT2D eigenvalue weighted by Crippen LogP contribution is 2.43. The normalized spacial score (nSPS) is 17.3. The summed E-state index contributed by atoms with van der Waals surface area (Å²) in [5, 5.41) is 15.5. The van der Waals surface area contributed by atoms with Gasteiger partial charge in [0.25, 0.3) is 5.91 Å². The van der Waals surface area contributed by atoms with Gasteiger partial charge in [0.15, 0.2) is 5.82 Å². The highest BCUT2D eigenvalue weighted by molar-refractivity contribution is 7.92. The van der Waals surface area contributed by atoms with Crippen LogP contribution in [0.3, 0.4) is 0 Å². The number of halogens is 2. The molecule has 1 saturated heterocycles. The predicted octanol–water partition coefficient (Wildman–Crippen LogP) is 4.27. The molecule has 13 heteroatoms. The van der Waals surface area contributed by atoms with Crippen LogP contribution in [-0.4, -0.2) is 70.2 Å². The first-order chi connectivity index (χ1) is 20.3. The lowest BCUT2D eigenvalue weighted by atomic mass is 9.92. The fraction of sp³-hybridized carbons (Fsp3) is 0.267. The van der Waals surface area contributed by atoms with Gasteiger partial charge in [-0.3, -0.25) is 18.8 Å². The lowest BCUT2D eigenvalue weighted by molar-refractivity contribution is -0.120. The number of amides is 2. The number of hydrogen-bond donors (Lipinski definition) is 3. The van der Waals surface area contributed by atoms with E-state index < -0.39 is 45.3 Å². The Morgan fingerprint density at radius 2 is 1.81 bits per heavy atom. The van der Waals surface area contributed by atoms with Crippen LogP contribution in [-0.2, 0) is 14.8 Å². The minimum atomic E-state index is -3.74. The SMILES string of the molecule is CNC(=O)c1c(-c2ccc(F)cc2)oc2cc(N(C)S(C)(=O)=O)c(C3CC(C(=O)Nc4c(O)cccc4F)N(C)C3)cc12. The summed E-state index contributed by atoms with van der Waals surface area (Å²) in [5.74, 6) is -2.87. The molecule has 10 nitrogen and oxygen atoms in total. The molecule has 0 radical (unpaired) electrons. The Morgan fingerprint density at radius 1 is 1.12 bits per heavy atom. The molecule has 1 aliphatic heterocycles. The smallest absolute Gasteiger partial charge is 0.255 e. The molecule has 2 unspecified atom stereocenters. The first-order valence-electron chi connectivity index (χ1n) is 13.3. The van der Waals surface area contributed by atoms with Crippen molar-refractivity contribution in [1.82, 2.24) is 10.2 Å². The van der Waals surface area contributed by atoms with Crippen LogP contribution in [0.5, 0.6) is 5.75 Å². The van der Waals surface area contributed by atoms with E-state index in [0.717, 1.165) is 16.6 Å². The van der Waals surface area contributed by atoms with E-state index in [1.165, 1.54) is 56.6 Å². The number of phenols is 1. The number of phenolic OH excluding ortho intramolecular Hbond substituents is 1. The van der Waals surface area contributed by atoms with E-state index >= 15 is 0 Å². The number of rotatable bonds is 7. The van der Waals surface area contributed by atoms with Crippen molar-refractivity contribution in [3.63, 3.8) is 0 Å². The number of carbonyl (C=O) groups is 2. The van der Waals surface area contributed by atoms with Crippen LogP contribution in [0.4, 0.5) is 20.2 Å². The van der Waals surface area contributed by atoms with Crippen molar-refractivity contribution in [3.8, 4) is 17.1 Å². The number of hydrogen-bond acceptors (Lipinski definition) is 7. The lowest BCUT2D eigenvalue weighted by Crippen LogP contribution is -2.37. The van der Waals surface area contributed by atoms with E-state index in [1.807, 2.05) is 0 Å². The van der Waals surface area contributed by atoms with Gasteiger partial charge in [0, 0.05) is 43.6 Å². The van der Waals surface area contributed by atoms with Gasteiger partial charge in [0.2, 0.25) is 15.9 Å². The van der Waals surface area contributed by atoms with Crippen molar-refractivity contribution in [2.45, 2.75) is 18.4 Å². The maximum absolute atomic E-state index is 14.3. The van der Waals surface area contributed by atoms with E-state index in [0.29, 0.717) is 28.7 Å². The Hall–Kier alpha value is -4.49. The minimum Gasteiger partial charge on any atom is -0.506 e. The molecular formula is C30H30F2N4O6S. The van der Waals surface area contributed by atoms with Gasteiger partial charge in [-0.05, 0) is 61.5 Å². The predicted molar refractivity (Wildman–Crippen MR) is 159 cm³/mol. The number of para-hydroxylation sites is 1. The van der Waals surface area contributed by atoms with Gasteiger partial charge < -0.3 is 20.2 Å². The standard InChI is InChI=1S/C30H30F2N4O6S/c1-33-30(39)26-20-13-19(17-12-23(35(2)15-17)29(38)34-27-21(32)6-5-7-24(27)37)22(36(3)43(4,40)41)14-25(20)42-28(26)16-8-10-18(31)11-9-16/h5-11,13-14,17,23,37H,12,15H2,1-4H3,(H,33,39)(H,34,38). The summed E-state index contributed by atoms with van der Waals surface area (Å²) in [6.45, 7) is 0.329. The molecule has 1 aromatic heterocycles. The van der Waals surface area contributed by atoms with Crippen molar-refractivity contribution in [1.29, 1.82) is 0 Å². The third-order valence-electron chi connectivity index (χ3n) is 7.77. The highest BCUT2D eigenvalue weighted by Gasteiger charge is 2.38.